The minimum atomic E-state index is -0.495. The zero-order valence-electron chi connectivity index (χ0n) is 22.6. The summed E-state index contributed by atoms with van der Waals surface area (Å²) < 4.78 is 13.2. The predicted molar refractivity (Wildman–Crippen MR) is 155 cm³/mol. The molecule has 1 aliphatic heterocycles. The monoisotopic (exact) mass is 487 g/mol. The van der Waals surface area contributed by atoms with Gasteiger partial charge in [0.2, 0.25) is 0 Å². The van der Waals surface area contributed by atoms with Gasteiger partial charge in [-0.1, -0.05) is 80.6 Å². The van der Waals surface area contributed by atoms with Gasteiger partial charge in [-0.2, -0.15) is 0 Å². The molecule has 1 heterocycles. The van der Waals surface area contributed by atoms with Crippen molar-refractivity contribution >= 4 is 24.0 Å². The summed E-state index contributed by atoms with van der Waals surface area (Å²) in [5.74, 6) is 0. The molecule has 1 saturated heterocycles. The summed E-state index contributed by atoms with van der Waals surface area (Å²) in [4.78, 5) is 0. The SMILES string of the molecule is CC1(C)c2ccccc2-c2ccc(-c3cccc(Nc4ccccc4)c3B3OC(C)(C)C(C)(C)O3)cc21. The van der Waals surface area contributed by atoms with E-state index in [0.29, 0.717) is 0 Å². The van der Waals surface area contributed by atoms with Gasteiger partial charge in [-0.25, -0.2) is 0 Å². The van der Waals surface area contributed by atoms with Crippen molar-refractivity contribution in [3.8, 4) is 22.3 Å². The molecule has 4 heteroatoms. The van der Waals surface area contributed by atoms with E-state index in [1.807, 2.05) is 18.2 Å². The molecule has 186 valence electrons. The van der Waals surface area contributed by atoms with E-state index in [-0.39, 0.29) is 5.41 Å². The molecular weight excluding hydrogens is 453 g/mol. The second-order valence-corrected chi connectivity index (χ2v) is 11.8. The van der Waals surface area contributed by atoms with Gasteiger partial charge in [0.15, 0.2) is 0 Å². The first-order valence-electron chi connectivity index (χ1n) is 13.1. The van der Waals surface area contributed by atoms with E-state index in [9.17, 15) is 0 Å². The lowest BCUT2D eigenvalue weighted by Gasteiger charge is -2.32. The summed E-state index contributed by atoms with van der Waals surface area (Å²) >= 11 is 0. The third kappa shape index (κ3) is 3.82. The highest BCUT2D eigenvalue weighted by molar-refractivity contribution is 6.65. The normalized spacial score (nSPS) is 18.4. The van der Waals surface area contributed by atoms with Gasteiger partial charge in [0.25, 0.3) is 0 Å². The zero-order chi connectivity index (χ0) is 26.0. The Morgan fingerprint density at radius 3 is 1.95 bits per heavy atom. The lowest BCUT2D eigenvalue weighted by Crippen LogP contribution is -2.41. The predicted octanol–water partition coefficient (Wildman–Crippen LogP) is 7.70. The molecule has 4 aromatic carbocycles. The number of rotatable bonds is 4. The molecule has 1 aliphatic carbocycles. The maximum atomic E-state index is 6.61. The van der Waals surface area contributed by atoms with Crippen LogP contribution in [0.15, 0.2) is 91.0 Å². The molecule has 3 nitrogen and oxygen atoms in total. The van der Waals surface area contributed by atoms with E-state index in [4.69, 9.17) is 9.31 Å². The zero-order valence-corrected chi connectivity index (χ0v) is 22.6. The van der Waals surface area contributed by atoms with Crippen LogP contribution in [-0.4, -0.2) is 18.3 Å². The minimum Gasteiger partial charge on any atom is -0.399 e. The summed E-state index contributed by atoms with van der Waals surface area (Å²) in [7, 11) is -0.495. The minimum absolute atomic E-state index is 0.0632. The number of benzene rings is 4. The summed E-state index contributed by atoms with van der Waals surface area (Å²) in [5.41, 5.74) is 9.79. The van der Waals surface area contributed by atoms with Crippen LogP contribution in [0.4, 0.5) is 11.4 Å². The average molecular weight is 487 g/mol. The molecule has 0 spiro atoms. The fourth-order valence-corrected chi connectivity index (χ4v) is 5.69. The summed E-state index contributed by atoms with van der Waals surface area (Å²) in [6.45, 7) is 13.1. The summed E-state index contributed by atoms with van der Waals surface area (Å²) in [6, 6.07) is 32.4. The molecule has 0 atom stereocenters. The van der Waals surface area contributed by atoms with E-state index in [1.165, 1.54) is 27.8 Å². The van der Waals surface area contributed by atoms with Gasteiger partial charge in [0, 0.05) is 22.3 Å². The fraction of sp³-hybridized carbons (Fsp3) is 0.273. The van der Waals surface area contributed by atoms with Crippen molar-refractivity contribution < 1.29 is 9.31 Å². The summed E-state index contributed by atoms with van der Waals surface area (Å²) in [6.07, 6.45) is 0. The van der Waals surface area contributed by atoms with E-state index in [1.54, 1.807) is 0 Å². The van der Waals surface area contributed by atoms with Crippen LogP contribution in [0.3, 0.4) is 0 Å². The number of nitrogens with one attached hydrogen (secondary N) is 1. The van der Waals surface area contributed by atoms with Crippen molar-refractivity contribution in [3.63, 3.8) is 0 Å². The molecule has 0 aromatic heterocycles. The Kier molecular flexibility index (Phi) is 5.42. The van der Waals surface area contributed by atoms with E-state index >= 15 is 0 Å². The molecule has 2 aliphatic rings. The standard InChI is InChI=1S/C33H34BNO2/c1-31(2)27-17-11-10-15-25(27)26-20-19-22(21-28(26)31)24-16-12-18-29(35-23-13-8-7-9-14-23)30(24)34-36-32(3,4)33(5,6)37-34/h7-21,35H,1-6H3. The van der Waals surface area contributed by atoms with Crippen LogP contribution in [0.5, 0.6) is 0 Å². The van der Waals surface area contributed by atoms with Crippen molar-refractivity contribution in [2.45, 2.75) is 58.2 Å². The highest BCUT2D eigenvalue weighted by Gasteiger charge is 2.53. The van der Waals surface area contributed by atoms with Gasteiger partial charge < -0.3 is 14.6 Å². The van der Waals surface area contributed by atoms with Gasteiger partial charge in [0.1, 0.15) is 0 Å². The number of fused-ring (bicyclic) bond motifs is 3. The van der Waals surface area contributed by atoms with Crippen LogP contribution in [0.2, 0.25) is 0 Å². The van der Waals surface area contributed by atoms with Gasteiger partial charge >= 0.3 is 7.12 Å². The van der Waals surface area contributed by atoms with Crippen LogP contribution >= 0.6 is 0 Å². The van der Waals surface area contributed by atoms with Gasteiger partial charge in [-0.3, -0.25) is 0 Å². The van der Waals surface area contributed by atoms with Crippen molar-refractivity contribution in [2.24, 2.45) is 0 Å². The largest absolute Gasteiger partial charge is 0.497 e. The lowest BCUT2D eigenvalue weighted by molar-refractivity contribution is 0.00578. The van der Waals surface area contributed by atoms with E-state index in [0.717, 1.165) is 22.4 Å². The maximum absolute atomic E-state index is 6.61. The summed E-state index contributed by atoms with van der Waals surface area (Å²) in [5, 5.41) is 3.64. The van der Waals surface area contributed by atoms with E-state index in [2.05, 4.69) is 120 Å². The first kappa shape index (κ1) is 24.0. The molecule has 0 saturated carbocycles. The van der Waals surface area contributed by atoms with Crippen LogP contribution in [0, 0.1) is 0 Å². The average Bonchev–Trinajstić information content (AvgIpc) is 3.24. The Hall–Kier alpha value is -3.34. The molecule has 4 aromatic rings. The van der Waals surface area contributed by atoms with Crippen LogP contribution in [0.1, 0.15) is 52.7 Å². The molecule has 0 unspecified atom stereocenters. The Balaban J connectivity index is 1.51. The van der Waals surface area contributed by atoms with Crippen molar-refractivity contribution in [3.05, 3.63) is 102 Å². The highest BCUT2D eigenvalue weighted by atomic mass is 16.7. The quantitative estimate of drug-likeness (QED) is 0.299. The van der Waals surface area contributed by atoms with Gasteiger partial charge in [0.05, 0.1) is 11.2 Å². The van der Waals surface area contributed by atoms with E-state index < -0.39 is 18.3 Å². The first-order valence-corrected chi connectivity index (χ1v) is 13.1. The Labute approximate surface area is 221 Å². The molecule has 1 N–H and O–H groups in total. The third-order valence-corrected chi connectivity index (χ3v) is 8.54. The number of anilines is 2. The second kappa shape index (κ2) is 8.34. The topological polar surface area (TPSA) is 30.5 Å². The molecule has 0 amide bonds. The van der Waals surface area contributed by atoms with Crippen LogP contribution < -0.4 is 10.8 Å². The Morgan fingerprint density at radius 2 is 1.22 bits per heavy atom. The maximum Gasteiger partial charge on any atom is 0.497 e. The van der Waals surface area contributed by atoms with Gasteiger partial charge in [-0.15, -0.1) is 0 Å². The van der Waals surface area contributed by atoms with Gasteiger partial charge in [-0.05, 0) is 85.3 Å². The van der Waals surface area contributed by atoms with Crippen LogP contribution in [-0.2, 0) is 14.7 Å². The number of hydrogen-bond acceptors (Lipinski definition) is 3. The van der Waals surface area contributed by atoms with Crippen molar-refractivity contribution in [2.75, 3.05) is 5.32 Å². The fourth-order valence-electron chi connectivity index (χ4n) is 5.69. The highest BCUT2D eigenvalue weighted by Crippen LogP contribution is 2.49. The third-order valence-electron chi connectivity index (χ3n) is 8.54. The Morgan fingerprint density at radius 1 is 0.595 bits per heavy atom. The van der Waals surface area contributed by atoms with Crippen molar-refractivity contribution in [1.82, 2.24) is 0 Å². The second-order valence-electron chi connectivity index (χ2n) is 11.8. The first-order chi connectivity index (χ1) is 17.6. The number of hydrogen-bond donors (Lipinski definition) is 1. The molecule has 37 heavy (non-hydrogen) atoms. The van der Waals surface area contributed by atoms with Crippen molar-refractivity contribution in [1.29, 1.82) is 0 Å². The lowest BCUT2D eigenvalue weighted by atomic mass is 9.72. The molecule has 0 radical (unpaired) electrons. The Bertz CT molecular complexity index is 1470. The van der Waals surface area contributed by atoms with Crippen LogP contribution in [0.25, 0.3) is 22.3 Å². The smallest absolute Gasteiger partial charge is 0.399 e. The molecule has 0 bridgehead atoms. The molecule has 6 rings (SSSR count). The number of para-hydroxylation sites is 1. The molecule has 1 fully saturated rings. The molecular formula is C33H34BNO2.